The predicted octanol–water partition coefficient (Wildman–Crippen LogP) is 1.69. The van der Waals surface area contributed by atoms with Crippen LogP contribution in [0.25, 0.3) is 0 Å². The lowest BCUT2D eigenvalue weighted by molar-refractivity contribution is 0.0951. The zero-order valence-electron chi connectivity index (χ0n) is 11.6. The molecule has 0 aliphatic carbocycles. The van der Waals surface area contributed by atoms with E-state index < -0.39 is 0 Å². The molecule has 0 radical (unpaired) electrons. The largest absolute Gasteiger partial charge is 0.494 e. The summed E-state index contributed by atoms with van der Waals surface area (Å²) in [5.41, 5.74) is 1.66. The van der Waals surface area contributed by atoms with Crippen LogP contribution in [0, 0.1) is 6.92 Å². The molecule has 0 atom stereocenters. The average Bonchev–Trinajstić information content (AvgIpc) is 2.31. The van der Waals surface area contributed by atoms with Crippen LogP contribution in [0.5, 0.6) is 5.75 Å². The lowest BCUT2D eigenvalue weighted by Gasteiger charge is -2.11. The summed E-state index contributed by atoms with van der Waals surface area (Å²) < 4.78 is 5.45. The van der Waals surface area contributed by atoms with E-state index in [0.717, 1.165) is 17.9 Å². The van der Waals surface area contributed by atoms with E-state index in [1.807, 2.05) is 45.0 Å². The first-order valence-corrected chi connectivity index (χ1v) is 6.21. The highest BCUT2D eigenvalue weighted by Gasteiger charge is 2.07. The number of rotatable bonds is 6. The van der Waals surface area contributed by atoms with Crippen molar-refractivity contribution in [3.05, 3.63) is 29.3 Å². The van der Waals surface area contributed by atoms with Crippen LogP contribution in [-0.2, 0) is 0 Å². The van der Waals surface area contributed by atoms with E-state index in [1.165, 1.54) is 0 Å². The van der Waals surface area contributed by atoms with Crippen molar-refractivity contribution in [3.8, 4) is 5.75 Å². The van der Waals surface area contributed by atoms with Crippen molar-refractivity contribution < 1.29 is 9.53 Å². The van der Waals surface area contributed by atoms with Gasteiger partial charge in [0.05, 0.1) is 6.61 Å². The Morgan fingerprint density at radius 1 is 1.39 bits per heavy atom. The second-order valence-electron chi connectivity index (χ2n) is 4.47. The summed E-state index contributed by atoms with van der Waals surface area (Å²) in [5, 5.41) is 2.89. The van der Waals surface area contributed by atoms with Crippen molar-refractivity contribution in [2.75, 3.05) is 33.8 Å². The molecular formula is C14H22N2O2. The first kappa shape index (κ1) is 14.5. The van der Waals surface area contributed by atoms with E-state index >= 15 is 0 Å². The Hall–Kier alpha value is -1.55. The molecule has 100 valence electrons. The van der Waals surface area contributed by atoms with E-state index in [-0.39, 0.29) is 5.91 Å². The lowest BCUT2D eigenvalue weighted by Crippen LogP contribution is -2.31. The SMILES string of the molecule is CCOc1ccc(C(=O)NCCN(C)C)cc1C. The van der Waals surface area contributed by atoms with Gasteiger partial charge >= 0.3 is 0 Å². The lowest BCUT2D eigenvalue weighted by atomic mass is 10.1. The zero-order valence-corrected chi connectivity index (χ0v) is 11.6. The van der Waals surface area contributed by atoms with Gasteiger partial charge in [-0.3, -0.25) is 4.79 Å². The van der Waals surface area contributed by atoms with Gasteiger partial charge in [0.25, 0.3) is 5.91 Å². The molecule has 4 nitrogen and oxygen atoms in total. The number of nitrogens with zero attached hydrogens (tertiary/aromatic N) is 1. The van der Waals surface area contributed by atoms with Crippen molar-refractivity contribution in [2.45, 2.75) is 13.8 Å². The molecule has 0 fully saturated rings. The van der Waals surface area contributed by atoms with E-state index in [1.54, 1.807) is 6.07 Å². The molecule has 18 heavy (non-hydrogen) atoms. The Bertz CT molecular complexity index is 403. The molecule has 0 saturated heterocycles. The Labute approximate surface area is 109 Å². The van der Waals surface area contributed by atoms with Gasteiger partial charge < -0.3 is 15.0 Å². The highest BCUT2D eigenvalue weighted by molar-refractivity contribution is 5.94. The molecule has 1 amide bonds. The minimum atomic E-state index is -0.0389. The average molecular weight is 250 g/mol. The molecular weight excluding hydrogens is 228 g/mol. The summed E-state index contributed by atoms with van der Waals surface area (Å²) in [4.78, 5) is 13.9. The normalized spacial score (nSPS) is 10.5. The van der Waals surface area contributed by atoms with Crippen molar-refractivity contribution >= 4 is 5.91 Å². The number of likely N-dealkylation sites (N-methyl/N-ethyl adjacent to an activating group) is 1. The number of nitrogens with one attached hydrogen (secondary N) is 1. The van der Waals surface area contributed by atoms with E-state index in [2.05, 4.69) is 5.32 Å². The molecule has 0 saturated carbocycles. The van der Waals surface area contributed by atoms with Crippen LogP contribution in [-0.4, -0.2) is 44.6 Å². The third-order valence-corrected chi connectivity index (χ3v) is 2.58. The maximum atomic E-state index is 11.9. The molecule has 0 aromatic heterocycles. The Balaban J connectivity index is 2.61. The quantitative estimate of drug-likeness (QED) is 0.835. The highest BCUT2D eigenvalue weighted by Crippen LogP contribution is 2.18. The van der Waals surface area contributed by atoms with Crippen molar-refractivity contribution in [2.24, 2.45) is 0 Å². The summed E-state index contributed by atoms with van der Waals surface area (Å²) in [6.07, 6.45) is 0. The van der Waals surface area contributed by atoms with Crippen molar-refractivity contribution in [3.63, 3.8) is 0 Å². The molecule has 1 aromatic rings. The number of benzene rings is 1. The second kappa shape index (κ2) is 7.01. The van der Waals surface area contributed by atoms with Crippen LogP contribution in [0.4, 0.5) is 0 Å². The summed E-state index contributed by atoms with van der Waals surface area (Å²) in [6.45, 7) is 6.01. The fourth-order valence-electron chi connectivity index (χ4n) is 1.60. The molecule has 4 heteroatoms. The summed E-state index contributed by atoms with van der Waals surface area (Å²) in [5.74, 6) is 0.797. The van der Waals surface area contributed by atoms with Gasteiger partial charge in [-0.25, -0.2) is 0 Å². The monoisotopic (exact) mass is 250 g/mol. The molecule has 0 aliphatic heterocycles. The second-order valence-corrected chi connectivity index (χ2v) is 4.47. The molecule has 1 aromatic carbocycles. The molecule has 1 N–H and O–H groups in total. The van der Waals surface area contributed by atoms with Gasteiger partial charge in [0.2, 0.25) is 0 Å². The molecule has 0 aliphatic rings. The molecule has 0 bridgehead atoms. The third-order valence-electron chi connectivity index (χ3n) is 2.58. The number of hydrogen-bond donors (Lipinski definition) is 1. The zero-order chi connectivity index (χ0) is 13.5. The van der Waals surface area contributed by atoms with E-state index in [9.17, 15) is 4.79 Å². The number of carbonyl (C=O) groups excluding carboxylic acids is 1. The van der Waals surface area contributed by atoms with Crippen molar-refractivity contribution in [1.82, 2.24) is 10.2 Å². The molecule has 0 heterocycles. The standard InChI is InChI=1S/C14H22N2O2/c1-5-18-13-7-6-12(10-11(13)2)14(17)15-8-9-16(3)4/h6-7,10H,5,8-9H2,1-4H3,(H,15,17). The topological polar surface area (TPSA) is 41.6 Å². The summed E-state index contributed by atoms with van der Waals surface area (Å²) in [7, 11) is 3.96. The van der Waals surface area contributed by atoms with E-state index in [0.29, 0.717) is 18.7 Å². The van der Waals surface area contributed by atoms with Crippen LogP contribution in [0.2, 0.25) is 0 Å². The Kier molecular flexibility index (Phi) is 5.65. The molecule has 0 unspecified atom stereocenters. The fourth-order valence-corrected chi connectivity index (χ4v) is 1.60. The van der Waals surface area contributed by atoms with Crippen LogP contribution >= 0.6 is 0 Å². The number of ether oxygens (including phenoxy) is 1. The first-order chi connectivity index (χ1) is 8.54. The van der Waals surface area contributed by atoms with Crippen LogP contribution in [0.15, 0.2) is 18.2 Å². The molecule has 1 rings (SSSR count). The van der Waals surface area contributed by atoms with Crippen molar-refractivity contribution in [1.29, 1.82) is 0 Å². The smallest absolute Gasteiger partial charge is 0.251 e. The van der Waals surface area contributed by atoms with Gasteiger partial charge in [-0.15, -0.1) is 0 Å². The van der Waals surface area contributed by atoms with Gasteiger partial charge in [-0.2, -0.15) is 0 Å². The van der Waals surface area contributed by atoms with Crippen LogP contribution < -0.4 is 10.1 Å². The van der Waals surface area contributed by atoms with Gasteiger partial charge in [0.15, 0.2) is 0 Å². The summed E-state index contributed by atoms with van der Waals surface area (Å²) in [6, 6.07) is 5.50. The van der Waals surface area contributed by atoms with Crippen LogP contribution in [0.1, 0.15) is 22.8 Å². The number of amides is 1. The third kappa shape index (κ3) is 4.37. The summed E-state index contributed by atoms with van der Waals surface area (Å²) >= 11 is 0. The first-order valence-electron chi connectivity index (χ1n) is 6.21. The van der Waals surface area contributed by atoms with Gasteiger partial charge in [0.1, 0.15) is 5.75 Å². The fraction of sp³-hybridized carbons (Fsp3) is 0.500. The minimum Gasteiger partial charge on any atom is -0.494 e. The van der Waals surface area contributed by atoms with Gasteiger partial charge in [-0.05, 0) is 51.7 Å². The predicted molar refractivity (Wildman–Crippen MR) is 73.2 cm³/mol. The maximum absolute atomic E-state index is 11.9. The van der Waals surface area contributed by atoms with Gasteiger partial charge in [0, 0.05) is 18.7 Å². The maximum Gasteiger partial charge on any atom is 0.251 e. The Morgan fingerprint density at radius 2 is 2.11 bits per heavy atom. The van der Waals surface area contributed by atoms with Crippen LogP contribution in [0.3, 0.4) is 0 Å². The Morgan fingerprint density at radius 3 is 2.67 bits per heavy atom. The molecule has 0 spiro atoms. The van der Waals surface area contributed by atoms with E-state index in [4.69, 9.17) is 4.74 Å². The number of carbonyl (C=O) groups is 1. The number of aryl methyl sites for hydroxylation is 1. The minimum absolute atomic E-state index is 0.0389. The number of hydrogen-bond acceptors (Lipinski definition) is 3. The highest BCUT2D eigenvalue weighted by atomic mass is 16.5. The van der Waals surface area contributed by atoms with Gasteiger partial charge in [-0.1, -0.05) is 0 Å².